The van der Waals surface area contributed by atoms with Gasteiger partial charge in [-0.25, -0.2) is 13.8 Å². The molecule has 0 radical (unpaired) electrons. The summed E-state index contributed by atoms with van der Waals surface area (Å²) in [5.74, 6) is -0.528. The molecule has 0 N–H and O–H groups in total. The summed E-state index contributed by atoms with van der Waals surface area (Å²) in [5.41, 5.74) is 1.06. The van der Waals surface area contributed by atoms with Gasteiger partial charge in [0.25, 0.3) is 0 Å². The molecule has 5 heteroatoms. The average Bonchev–Trinajstić information content (AvgIpc) is 2.67. The third-order valence-electron chi connectivity index (χ3n) is 3.13. The minimum absolute atomic E-state index is 0.399. The van der Waals surface area contributed by atoms with Gasteiger partial charge in [0.15, 0.2) is 11.6 Å². The van der Waals surface area contributed by atoms with E-state index in [-0.39, 0.29) is 0 Å². The van der Waals surface area contributed by atoms with Crippen molar-refractivity contribution in [1.82, 2.24) is 9.55 Å². The molecule has 20 heavy (non-hydrogen) atoms. The fourth-order valence-electron chi connectivity index (χ4n) is 2.26. The summed E-state index contributed by atoms with van der Waals surface area (Å²) in [4.78, 5) is 4.41. The summed E-state index contributed by atoms with van der Waals surface area (Å²) < 4.78 is 28.6. The van der Waals surface area contributed by atoms with Crippen molar-refractivity contribution in [3.05, 3.63) is 29.6 Å². The van der Waals surface area contributed by atoms with Crippen molar-refractivity contribution in [1.29, 1.82) is 5.26 Å². The van der Waals surface area contributed by atoms with Crippen molar-refractivity contribution in [3.8, 4) is 6.07 Å². The van der Waals surface area contributed by atoms with Crippen LogP contribution < -0.4 is 0 Å². The average molecular weight is 277 g/mol. The number of aromatic nitrogens is 2. The number of hydrogen-bond donors (Lipinski definition) is 0. The molecule has 0 amide bonds. The Balaban J connectivity index is 2.47. The van der Waals surface area contributed by atoms with Gasteiger partial charge in [0.1, 0.15) is 5.82 Å². The molecule has 1 aromatic heterocycles. The van der Waals surface area contributed by atoms with Crippen LogP contribution in [0.1, 0.15) is 32.5 Å². The number of nitrogens with zero attached hydrogens (tertiary/aromatic N) is 3. The Kier molecular flexibility index (Phi) is 4.33. The van der Waals surface area contributed by atoms with Crippen LogP contribution >= 0.6 is 0 Å². The number of fused-ring (bicyclic) bond motifs is 1. The molecule has 3 nitrogen and oxygen atoms in total. The van der Waals surface area contributed by atoms with Crippen molar-refractivity contribution >= 4 is 11.0 Å². The quantitative estimate of drug-likeness (QED) is 0.780. The van der Waals surface area contributed by atoms with Gasteiger partial charge < -0.3 is 4.57 Å². The van der Waals surface area contributed by atoms with Crippen LogP contribution in [0.15, 0.2) is 12.1 Å². The van der Waals surface area contributed by atoms with Gasteiger partial charge in [-0.15, -0.1) is 0 Å². The Bertz CT molecular complexity index is 653. The third-order valence-corrected chi connectivity index (χ3v) is 3.13. The number of nitriles is 1. The molecule has 1 heterocycles. The van der Waals surface area contributed by atoms with E-state index < -0.39 is 11.6 Å². The molecule has 0 aliphatic carbocycles. The number of halogens is 2. The molecule has 0 bridgehead atoms. The van der Waals surface area contributed by atoms with Gasteiger partial charge >= 0.3 is 0 Å². The van der Waals surface area contributed by atoms with E-state index in [9.17, 15) is 8.78 Å². The maximum atomic E-state index is 13.4. The Morgan fingerprint density at radius 2 is 2.00 bits per heavy atom. The van der Waals surface area contributed by atoms with Gasteiger partial charge in [0.2, 0.25) is 0 Å². The van der Waals surface area contributed by atoms with E-state index in [2.05, 4.69) is 24.9 Å². The molecule has 106 valence electrons. The fraction of sp³-hybridized carbons (Fsp3) is 0.467. The summed E-state index contributed by atoms with van der Waals surface area (Å²) in [6.07, 6.45) is 1.85. The molecular formula is C15H17F2N3. The maximum Gasteiger partial charge on any atom is 0.161 e. The smallest absolute Gasteiger partial charge is 0.161 e. The molecule has 0 aliphatic heterocycles. The molecular weight excluding hydrogens is 260 g/mol. The highest BCUT2D eigenvalue weighted by atomic mass is 19.2. The second-order valence-corrected chi connectivity index (χ2v) is 5.29. The maximum absolute atomic E-state index is 13.4. The highest BCUT2D eigenvalue weighted by Crippen LogP contribution is 2.22. The normalized spacial score (nSPS) is 11.2. The van der Waals surface area contributed by atoms with E-state index in [1.165, 1.54) is 6.07 Å². The first-order valence-electron chi connectivity index (χ1n) is 6.74. The first kappa shape index (κ1) is 14.4. The van der Waals surface area contributed by atoms with E-state index in [0.717, 1.165) is 18.3 Å². The zero-order valence-corrected chi connectivity index (χ0v) is 11.7. The highest BCUT2D eigenvalue weighted by Gasteiger charge is 2.15. The number of rotatable bonds is 5. The van der Waals surface area contributed by atoms with Crippen molar-refractivity contribution < 1.29 is 8.78 Å². The lowest BCUT2D eigenvalue weighted by Crippen LogP contribution is -2.07. The van der Waals surface area contributed by atoms with Gasteiger partial charge in [0, 0.05) is 31.5 Å². The molecule has 0 fully saturated rings. The summed E-state index contributed by atoms with van der Waals surface area (Å²) in [5, 5.41) is 8.62. The van der Waals surface area contributed by atoms with E-state index in [0.29, 0.717) is 36.3 Å². The Morgan fingerprint density at radius 3 is 2.65 bits per heavy atom. The molecule has 2 rings (SSSR count). The minimum Gasteiger partial charge on any atom is -0.328 e. The van der Waals surface area contributed by atoms with E-state index >= 15 is 0 Å². The first-order valence-corrected chi connectivity index (χ1v) is 6.74. The summed E-state index contributed by atoms with van der Waals surface area (Å²) in [6, 6.07) is 4.41. The topological polar surface area (TPSA) is 41.6 Å². The van der Waals surface area contributed by atoms with Crippen molar-refractivity contribution in [2.75, 3.05) is 0 Å². The van der Waals surface area contributed by atoms with Crippen LogP contribution in [0.5, 0.6) is 0 Å². The number of imidazole rings is 1. The SMILES string of the molecule is CC(C)Cc1nc2cc(F)c(F)cc2n1CCCC#N. The second-order valence-electron chi connectivity index (χ2n) is 5.29. The lowest BCUT2D eigenvalue weighted by Gasteiger charge is -2.09. The van der Waals surface area contributed by atoms with Crippen molar-refractivity contribution in [3.63, 3.8) is 0 Å². The van der Waals surface area contributed by atoms with Crippen LogP contribution in [0.25, 0.3) is 11.0 Å². The molecule has 1 aromatic carbocycles. The van der Waals surface area contributed by atoms with Gasteiger partial charge in [0.05, 0.1) is 17.1 Å². The van der Waals surface area contributed by atoms with Crippen LogP contribution in [-0.2, 0) is 13.0 Å². The molecule has 2 aromatic rings. The Morgan fingerprint density at radius 1 is 1.30 bits per heavy atom. The molecule has 0 unspecified atom stereocenters. The van der Waals surface area contributed by atoms with Crippen LogP contribution in [0.4, 0.5) is 8.78 Å². The Labute approximate surface area is 116 Å². The summed E-state index contributed by atoms with van der Waals surface area (Å²) in [7, 11) is 0. The number of hydrogen-bond acceptors (Lipinski definition) is 2. The van der Waals surface area contributed by atoms with Gasteiger partial charge in [-0.1, -0.05) is 13.8 Å². The van der Waals surface area contributed by atoms with Crippen LogP contribution in [0, 0.1) is 28.9 Å². The second kappa shape index (κ2) is 6.00. The van der Waals surface area contributed by atoms with E-state index in [1.54, 1.807) is 0 Å². The predicted octanol–water partition coefficient (Wildman–Crippen LogP) is 3.82. The predicted molar refractivity (Wildman–Crippen MR) is 73.0 cm³/mol. The van der Waals surface area contributed by atoms with E-state index in [1.807, 2.05) is 4.57 Å². The highest BCUT2D eigenvalue weighted by molar-refractivity contribution is 5.76. The molecule has 0 aliphatic rings. The zero-order valence-electron chi connectivity index (χ0n) is 11.7. The lowest BCUT2D eigenvalue weighted by atomic mass is 10.1. The molecule has 0 saturated carbocycles. The van der Waals surface area contributed by atoms with Crippen LogP contribution in [0.3, 0.4) is 0 Å². The molecule has 0 atom stereocenters. The van der Waals surface area contributed by atoms with Gasteiger partial charge in [-0.2, -0.15) is 5.26 Å². The lowest BCUT2D eigenvalue weighted by molar-refractivity contribution is 0.510. The first-order chi connectivity index (χ1) is 9.52. The molecule has 0 spiro atoms. The van der Waals surface area contributed by atoms with Crippen LogP contribution in [-0.4, -0.2) is 9.55 Å². The van der Waals surface area contributed by atoms with Gasteiger partial charge in [-0.05, 0) is 12.3 Å². The standard InChI is InChI=1S/C15H17F2N3/c1-10(2)7-15-19-13-8-11(16)12(17)9-14(13)20(15)6-4-3-5-18/h8-10H,3-4,6-7H2,1-2H3. The minimum atomic E-state index is -0.879. The summed E-state index contributed by atoms with van der Waals surface area (Å²) >= 11 is 0. The number of unbranched alkanes of at least 4 members (excludes halogenated alkanes) is 1. The number of benzene rings is 1. The number of aryl methyl sites for hydroxylation is 1. The van der Waals surface area contributed by atoms with Crippen molar-refractivity contribution in [2.24, 2.45) is 5.92 Å². The van der Waals surface area contributed by atoms with Crippen LogP contribution in [0.2, 0.25) is 0 Å². The largest absolute Gasteiger partial charge is 0.328 e. The Hall–Kier alpha value is -1.96. The molecule has 0 saturated heterocycles. The van der Waals surface area contributed by atoms with E-state index in [4.69, 9.17) is 5.26 Å². The monoisotopic (exact) mass is 277 g/mol. The zero-order chi connectivity index (χ0) is 14.7. The van der Waals surface area contributed by atoms with Crippen molar-refractivity contribution in [2.45, 2.75) is 39.7 Å². The third kappa shape index (κ3) is 2.96. The van der Waals surface area contributed by atoms with Gasteiger partial charge in [-0.3, -0.25) is 0 Å². The fourth-order valence-corrected chi connectivity index (χ4v) is 2.26. The summed E-state index contributed by atoms with van der Waals surface area (Å²) in [6.45, 7) is 4.73.